The van der Waals surface area contributed by atoms with Crippen molar-refractivity contribution in [1.29, 1.82) is 0 Å². The van der Waals surface area contributed by atoms with E-state index >= 15 is 0 Å². The van der Waals surface area contributed by atoms with Crippen LogP contribution in [0.2, 0.25) is 0 Å². The Kier molecular flexibility index (Phi) is 3.44. The first-order chi connectivity index (χ1) is 8.22. The van der Waals surface area contributed by atoms with Gasteiger partial charge in [-0.2, -0.15) is 0 Å². The molecule has 0 unspecified atom stereocenters. The van der Waals surface area contributed by atoms with Crippen molar-refractivity contribution in [2.24, 2.45) is 0 Å². The fraction of sp³-hybridized carbons (Fsp3) is 0.231. The largest absolute Gasteiger partial charge is 0.472 e. The highest BCUT2D eigenvalue weighted by Crippen LogP contribution is 2.25. The predicted octanol–water partition coefficient (Wildman–Crippen LogP) is 2.55. The smallest absolute Gasteiger partial charge is 0.146 e. The molecule has 0 aliphatic rings. The molecule has 1 heterocycles. The normalized spacial score (nSPS) is 10.5. The molecule has 1 N–H and O–H groups in total. The Bertz CT molecular complexity index is 482. The molecule has 0 fully saturated rings. The SMILES string of the molecule is CN(Cc1ccoc1)c1c(F)cccc1CO. The molecule has 90 valence electrons. The molecule has 2 aromatic rings. The van der Waals surface area contributed by atoms with E-state index in [4.69, 9.17) is 4.42 Å². The molecule has 0 spiro atoms. The first kappa shape index (κ1) is 11.7. The first-order valence-corrected chi connectivity index (χ1v) is 5.33. The van der Waals surface area contributed by atoms with Gasteiger partial charge < -0.3 is 14.4 Å². The highest BCUT2D eigenvalue weighted by molar-refractivity contribution is 5.54. The zero-order valence-electron chi connectivity index (χ0n) is 9.56. The standard InChI is InChI=1S/C13H14FNO2/c1-15(7-10-5-6-17-9-10)13-11(8-16)3-2-4-12(13)14/h2-6,9,16H,7-8H2,1H3. The molecular formula is C13H14FNO2. The van der Waals surface area contributed by atoms with E-state index in [1.165, 1.54) is 6.07 Å². The summed E-state index contributed by atoms with van der Waals surface area (Å²) in [5.41, 5.74) is 1.96. The lowest BCUT2D eigenvalue weighted by atomic mass is 10.1. The molecule has 1 aromatic carbocycles. The van der Waals surface area contributed by atoms with E-state index in [2.05, 4.69) is 0 Å². The number of para-hydroxylation sites is 1. The van der Waals surface area contributed by atoms with E-state index in [9.17, 15) is 9.50 Å². The molecular weight excluding hydrogens is 221 g/mol. The van der Waals surface area contributed by atoms with Gasteiger partial charge in [0.25, 0.3) is 0 Å². The Balaban J connectivity index is 2.26. The molecule has 0 aliphatic heterocycles. The van der Waals surface area contributed by atoms with Gasteiger partial charge in [-0.1, -0.05) is 12.1 Å². The Hall–Kier alpha value is -1.81. The van der Waals surface area contributed by atoms with Crippen molar-refractivity contribution in [3.8, 4) is 0 Å². The number of halogens is 1. The van der Waals surface area contributed by atoms with E-state index in [0.717, 1.165) is 5.56 Å². The third-order valence-electron chi connectivity index (χ3n) is 2.62. The summed E-state index contributed by atoms with van der Waals surface area (Å²) in [7, 11) is 1.78. The summed E-state index contributed by atoms with van der Waals surface area (Å²) in [6.45, 7) is 0.354. The van der Waals surface area contributed by atoms with Gasteiger partial charge in [-0.3, -0.25) is 0 Å². The number of rotatable bonds is 4. The fourth-order valence-corrected chi connectivity index (χ4v) is 1.85. The lowest BCUT2D eigenvalue weighted by molar-refractivity contribution is 0.281. The minimum atomic E-state index is -0.331. The third kappa shape index (κ3) is 2.47. The van der Waals surface area contributed by atoms with E-state index < -0.39 is 0 Å². The zero-order chi connectivity index (χ0) is 12.3. The van der Waals surface area contributed by atoms with E-state index in [0.29, 0.717) is 17.8 Å². The summed E-state index contributed by atoms with van der Waals surface area (Å²) >= 11 is 0. The molecule has 0 amide bonds. The van der Waals surface area contributed by atoms with Gasteiger partial charge in [-0.15, -0.1) is 0 Å². The molecule has 0 aliphatic carbocycles. The number of aliphatic hydroxyl groups excluding tert-OH is 1. The minimum Gasteiger partial charge on any atom is -0.472 e. The summed E-state index contributed by atoms with van der Waals surface area (Å²) < 4.78 is 18.7. The van der Waals surface area contributed by atoms with Gasteiger partial charge in [0, 0.05) is 24.7 Å². The number of furan rings is 1. The van der Waals surface area contributed by atoms with Crippen LogP contribution in [0.5, 0.6) is 0 Å². The maximum absolute atomic E-state index is 13.7. The van der Waals surface area contributed by atoms with Gasteiger partial charge in [0.1, 0.15) is 5.82 Å². The Labute approximate surface area is 99.1 Å². The van der Waals surface area contributed by atoms with Crippen LogP contribution in [0.25, 0.3) is 0 Å². The predicted molar refractivity (Wildman–Crippen MR) is 63.1 cm³/mol. The molecule has 0 atom stereocenters. The second kappa shape index (κ2) is 5.01. The molecule has 0 saturated heterocycles. The average Bonchev–Trinajstić information content (AvgIpc) is 2.81. The van der Waals surface area contributed by atoms with Gasteiger partial charge in [0.15, 0.2) is 0 Å². The fourth-order valence-electron chi connectivity index (χ4n) is 1.85. The third-order valence-corrected chi connectivity index (χ3v) is 2.62. The summed E-state index contributed by atoms with van der Waals surface area (Å²) in [4.78, 5) is 1.76. The highest BCUT2D eigenvalue weighted by Gasteiger charge is 2.12. The number of hydrogen-bond acceptors (Lipinski definition) is 3. The van der Waals surface area contributed by atoms with E-state index in [1.807, 2.05) is 6.07 Å². The maximum Gasteiger partial charge on any atom is 0.146 e. The highest BCUT2D eigenvalue weighted by atomic mass is 19.1. The summed E-state index contributed by atoms with van der Waals surface area (Å²) in [5, 5.41) is 9.21. The van der Waals surface area contributed by atoms with Crippen molar-refractivity contribution in [3.63, 3.8) is 0 Å². The monoisotopic (exact) mass is 235 g/mol. The van der Waals surface area contributed by atoms with Crippen molar-refractivity contribution >= 4 is 5.69 Å². The van der Waals surface area contributed by atoms with Gasteiger partial charge in [-0.25, -0.2) is 4.39 Å². The van der Waals surface area contributed by atoms with Crippen LogP contribution in [0.4, 0.5) is 10.1 Å². The van der Waals surface area contributed by atoms with E-state index in [1.54, 1.807) is 36.6 Å². The van der Waals surface area contributed by atoms with Gasteiger partial charge in [0.2, 0.25) is 0 Å². The van der Waals surface area contributed by atoms with Crippen LogP contribution in [0.3, 0.4) is 0 Å². The number of nitrogens with zero attached hydrogens (tertiary/aromatic N) is 1. The van der Waals surface area contributed by atoms with Crippen LogP contribution in [0, 0.1) is 5.82 Å². The molecule has 0 bridgehead atoms. The van der Waals surface area contributed by atoms with Crippen LogP contribution >= 0.6 is 0 Å². The Morgan fingerprint density at radius 3 is 2.82 bits per heavy atom. The minimum absolute atomic E-state index is 0.178. The number of benzene rings is 1. The summed E-state index contributed by atoms with van der Waals surface area (Å²) in [6, 6.07) is 6.52. The molecule has 0 saturated carbocycles. The quantitative estimate of drug-likeness (QED) is 0.884. The van der Waals surface area contributed by atoms with Crippen LogP contribution in [-0.4, -0.2) is 12.2 Å². The topological polar surface area (TPSA) is 36.6 Å². The maximum atomic E-state index is 13.7. The van der Waals surface area contributed by atoms with Crippen LogP contribution in [-0.2, 0) is 13.2 Å². The second-order valence-corrected chi connectivity index (χ2v) is 3.89. The summed E-state index contributed by atoms with van der Waals surface area (Å²) in [6.07, 6.45) is 3.20. The van der Waals surface area contributed by atoms with Crippen LogP contribution < -0.4 is 4.90 Å². The van der Waals surface area contributed by atoms with Crippen molar-refractivity contribution in [2.75, 3.05) is 11.9 Å². The van der Waals surface area contributed by atoms with Gasteiger partial charge in [0.05, 0.1) is 24.8 Å². The zero-order valence-corrected chi connectivity index (χ0v) is 9.56. The van der Waals surface area contributed by atoms with Crippen molar-refractivity contribution < 1.29 is 13.9 Å². The Morgan fingerprint density at radius 2 is 2.18 bits per heavy atom. The van der Waals surface area contributed by atoms with Gasteiger partial charge in [-0.05, 0) is 12.1 Å². The number of hydrogen-bond donors (Lipinski definition) is 1. The lowest BCUT2D eigenvalue weighted by Gasteiger charge is -2.21. The first-order valence-electron chi connectivity index (χ1n) is 5.33. The van der Waals surface area contributed by atoms with Crippen molar-refractivity contribution in [3.05, 3.63) is 53.7 Å². The Morgan fingerprint density at radius 1 is 1.35 bits per heavy atom. The van der Waals surface area contributed by atoms with E-state index in [-0.39, 0.29) is 12.4 Å². The molecule has 0 radical (unpaired) electrons. The molecule has 1 aromatic heterocycles. The lowest BCUT2D eigenvalue weighted by Crippen LogP contribution is -2.19. The number of aliphatic hydroxyl groups is 1. The molecule has 17 heavy (non-hydrogen) atoms. The van der Waals surface area contributed by atoms with Crippen molar-refractivity contribution in [2.45, 2.75) is 13.2 Å². The molecule has 4 heteroatoms. The average molecular weight is 235 g/mol. The van der Waals surface area contributed by atoms with Gasteiger partial charge >= 0.3 is 0 Å². The summed E-state index contributed by atoms with van der Waals surface area (Å²) in [5.74, 6) is -0.331. The number of anilines is 1. The van der Waals surface area contributed by atoms with Crippen LogP contribution in [0.1, 0.15) is 11.1 Å². The second-order valence-electron chi connectivity index (χ2n) is 3.89. The van der Waals surface area contributed by atoms with Crippen molar-refractivity contribution in [1.82, 2.24) is 0 Å². The van der Waals surface area contributed by atoms with Crippen LogP contribution in [0.15, 0.2) is 41.2 Å². The molecule has 3 nitrogen and oxygen atoms in total. The molecule has 2 rings (SSSR count).